The van der Waals surface area contributed by atoms with E-state index in [9.17, 15) is 0 Å². The van der Waals surface area contributed by atoms with Crippen molar-refractivity contribution in [3.05, 3.63) is 0 Å². The van der Waals surface area contributed by atoms with Gasteiger partial charge in [0.05, 0.1) is 12.7 Å². The van der Waals surface area contributed by atoms with Gasteiger partial charge in [-0.25, -0.2) is 0 Å². The fourth-order valence-corrected chi connectivity index (χ4v) is 2.87. The zero-order chi connectivity index (χ0) is 12.3. The summed E-state index contributed by atoms with van der Waals surface area (Å²) in [4.78, 5) is 4.99. The van der Waals surface area contributed by atoms with E-state index in [1.54, 1.807) is 0 Å². The van der Waals surface area contributed by atoms with Gasteiger partial charge in [-0.05, 0) is 33.2 Å². The van der Waals surface area contributed by atoms with Crippen molar-refractivity contribution in [3.63, 3.8) is 0 Å². The first kappa shape index (κ1) is 13.3. The molecule has 0 aliphatic carbocycles. The smallest absolute Gasteiger partial charge is 0.0829 e. The van der Waals surface area contributed by atoms with Crippen molar-refractivity contribution in [3.8, 4) is 0 Å². The second-order valence-corrected chi connectivity index (χ2v) is 5.74. The molecule has 1 unspecified atom stereocenters. The number of likely N-dealkylation sites (tertiary alicyclic amines) is 1. The summed E-state index contributed by atoms with van der Waals surface area (Å²) >= 11 is 0. The lowest BCUT2D eigenvalue weighted by atomic mass is 10.1. The zero-order valence-corrected chi connectivity index (χ0v) is 11.3. The molecule has 17 heavy (non-hydrogen) atoms. The van der Waals surface area contributed by atoms with Gasteiger partial charge in [0.15, 0.2) is 0 Å². The Hall–Kier alpha value is -0.160. The summed E-state index contributed by atoms with van der Waals surface area (Å²) in [5, 5.41) is 0. The standard InChI is InChI=1S/C13H27N3O/c1-11(2)16-6-7-17-13(10-16)9-15-5-3-4-12(14)8-15/h11-13H,3-10,14H2,1-2H3/t12-,13?/m1/s1. The molecule has 2 atom stereocenters. The van der Waals surface area contributed by atoms with E-state index in [-0.39, 0.29) is 0 Å². The van der Waals surface area contributed by atoms with Crippen LogP contribution in [0.2, 0.25) is 0 Å². The van der Waals surface area contributed by atoms with Crippen molar-refractivity contribution in [2.75, 3.05) is 39.3 Å². The number of hydrogen-bond donors (Lipinski definition) is 1. The Balaban J connectivity index is 1.78. The van der Waals surface area contributed by atoms with Crippen LogP contribution in [0, 0.1) is 0 Å². The highest BCUT2D eigenvalue weighted by Gasteiger charge is 2.25. The molecule has 0 radical (unpaired) electrons. The van der Waals surface area contributed by atoms with Gasteiger partial charge >= 0.3 is 0 Å². The van der Waals surface area contributed by atoms with Gasteiger partial charge < -0.3 is 10.5 Å². The molecule has 4 heteroatoms. The van der Waals surface area contributed by atoms with Crippen LogP contribution in [0.4, 0.5) is 0 Å². The maximum atomic E-state index is 6.01. The van der Waals surface area contributed by atoms with Crippen molar-refractivity contribution in [2.24, 2.45) is 5.73 Å². The number of nitrogens with two attached hydrogens (primary N) is 1. The largest absolute Gasteiger partial charge is 0.374 e. The third kappa shape index (κ3) is 3.91. The Kier molecular flexibility index (Phi) is 4.79. The van der Waals surface area contributed by atoms with Gasteiger partial charge in [0.25, 0.3) is 0 Å². The maximum absolute atomic E-state index is 6.01. The molecular formula is C13H27N3O. The number of piperidine rings is 1. The van der Waals surface area contributed by atoms with Crippen LogP contribution in [0.1, 0.15) is 26.7 Å². The number of nitrogens with zero attached hydrogens (tertiary/aromatic N) is 2. The highest BCUT2D eigenvalue weighted by Crippen LogP contribution is 2.13. The van der Waals surface area contributed by atoms with Crippen LogP contribution in [-0.4, -0.2) is 67.3 Å². The summed E-state index contributed by atoms with van der Waals surface area (Å²) in [5.41, 5.74) is 6.01. The van der Waals surface area contributed by atoms with Crippen LogP contribution in [0.5, 0.6) is 0 Å². The molecule has 0 aromatic heterocycles. The monoisotopic (exact) mass is 241 g/mol. The van der Waals surface area contributed by atoms with Crippen molar-refractivity contribution < 1.29 is 4.74 Å². The molecular weight excluding hydrogens is 214 g/mol. The molecule has 2 aliphatic heterocycles. The minimum absolute atomic E-state index is 0.369. The Morgan fingerprint density at radius 1 is 1.29 bits per heavy atom. The molecule has 0 aromatic carbocycles. The number of ether oxygens (including phenoxy) is 1. The van der Waals surface area contributed by atoms with Crippen LogP contribution in [0.25, 0.3) is 0 Å². The summed E-state index contributed by atoms with van der Waals surface area (Å²) in [6.07, 6.45) is 2.79. The fourth-order valence-electron chi connectivity index (χ4n) is 2.87. The van der Waals surface area contributed by atoms with E-state index in [4.69, 9.17) is 10.5 Å². The van der Waals surface area contributed by atoms with Crippen LogP contribution in [0.15, 0.2) is 0 Å². The predicted molar refractivity (Wildman–Crippen MR) is 70.1 cm³/mol. The minimum Gasteiger partial charge on any atom is -0.374 e. The second-order valence-electron chi connectivity index (χ2n) is 5.74. The molecule has 2 N–H and O–H groups in total. The molecule has 2 aliphatic rings. The lowest BCUT2D eigenvalue weighted by molar-refractivity contribution is -0.0544. The lowest BCUT2D eigenvalue weighted by Gasteiger charge is -2.39. The van der Waals surface area contributed by atoms with E-state index in [1.165, 1.54) is 19.4 Å². The third-order valence-corrected chi connectivity index (χ3v) is 3.90. The summed E-state index contributed by atoms with van der Waals surface area (Å²) in [6.45, 7) is 10.8. The highest BCUT2D eigenvalue weighted by molar-refractivity contribution is 4.81. The van der Waals surface area contributed by atoms with Gasteiger partial charge in [-0.15, -0.1) is 0 Å². The molecule has 2 heterocycles. The molecule has 2 fully saturated rings. The van der Waals surface area contributed by atoms with Crippen LogP contribution in [-0.2, 0) is 4.74 Å². The maximum Gasteiger partial charge on any atom is 0.0829 e. The van der Waals surface area contributed by atoms with Crippen molar-refractivity contribution in [2.45, 2.75) is 44.9 Å². The number of morpholine rings is 1. The molecule has 0 saturated carbocycles. The van der Waals surface area contributed by atoms with Gasteiger partial charge in [-0.3, -0.25) is 9.80 Å². The summed E-state index contributed by atoms with van der Waals surface area (Å²) < 4.78 is 5.87. The predicted octanol–water partition coefficient (Wildman–Crippen LogP) is 0.519. The van der Waals surface area contributed by atoms with Crippen LogP contribution >= 0.6 is 0 Å². The van der Waals surface area contributed by atoms with Crippen molar-refractivity contribution >= 4 is 0 Å². The van der Waals surface area contributed by atoms with Crippen molar-refractivity contribution in [1.29, 1.82) is 0 Å². The van der Waals surface area contributed by atoms with Gasteiger partial charge in [0, 0.05) is 38.3 Å². The first-order chi connectivity index (χ1) is 8.15. The number of rotatable bonds is 3. The Labute approximate surface area is 105 Å². The molecule has 0 amide bonds. The molecule has 2 rings (SSSR count). The van der Waals surface area contributed by atoms with Gasteiger partial charge in [-0.1, -0.05) is 0 Å². The Morgan fingerprint density at radius 3 is 2.82 bits per heavy atom. The third-order valence-electron chi connectivity index (χ3n) is 3.90. The van der Waals surface area contributed by atoms with E-state index in [0.29, 0.717) is 18.2 Å². The molecule has 0 spiro atoms. The molecule has 4 nitrogen and oxygen atoms in total. The Morgan fingerprint density at radius 2 is 2.12 bits per heavy atom. The first-order valence-corrected chi connectivity index (χ1v) is 6.98. The average Bonchev–Trinajstić information content (AvgIpc) is 2.29. The van der Waals surface area contributed by atoms with E-state index in [1.807, 2.05) is 0 Å². The second kappa shape index (κ2) is 6.14. The molecule has 0 aromatic rings. The summed E-state index contributed by atoms with van der Waals surface area (Å²) in [6, 6.07) is 0.999. The normalized spacial score (nSPS) is 33.2. The van der Waals surface area contributed by atoms with Gasteiger partial charge in [0.1, 0.15) is 0 Å². The Bertz CT molecular complexity index is 235. The van der Waals surface area contributed by atoms with Crippen LogP contribution in [0.3, 0.4) is 0 Å². The quantitative estimate of drug-likeness (QED) is 0.782. The van der Waals surface area contributed by atoms with Crippen LogP contribution < -0.4 is 5.73 Å². The summed E-state index contributed by atoms with van der Waals surface area (Å²) in [7, 11) is 0. The van der Waals surface area contributed by atoms with E-state index in [2.05, 4.69) is 23.6 Å². The number of hydrogen-bond acceptors (Lipinski definition) is 4. The van der Waals surface area contributed by atoms with E-state index >= 15 is 0 Å². The molecule has 2 saturated heterocycles. The average molecular weight is 241 g/mol. The zero-order valence-electron chi connectivity index (χ0n) is 11.3. The fraction of sp³-hybridized carbons (Fsp3) is 1.00. The minimum atomic E-state index is 0.369. The molecule has 100 valence electrons. The SMILES string of the molecule is CC(C)N1CCOC(CN2CCC[C@@H](N)C2)C1. The van der Waals surface area contributed by atoms with E-state index < -0.39 is 0 Å². The van der Waals surface area contributed by atoms with Crippen molar-refractivity contribution in [1.82, 2.24) is 9.80 Å². The first-order valence-electron chi connectivity index (χ1n) is 6.98. The summed E-state index contributed by atoms with van der Waals surface area (Å²) in [5.74, 6) is 0. The van der Waals surface area contributed by atoms with E-state index in [0.717, 1.165) is 32.8 Å². The van der Waals surface area contributed by atoms with Gasteiger partial charge in [-0.2, -0.15) is 0 Å². The van der Waals surface area contributed by atoms with Gasteiger partial charge in [0.2, 0.25) is 0 Å². The molecule has 0 bridgehead atoms. The lowest BCUT2D eigenvalue weighted by Crippen LogP contribution is -2.52. The topological polar surface area (TPSA) is 41.7 Å². The highest BCUT2D eigenvalue weighted by atomic mass is 16.5.